The predicted molar refractivity (Wildman–Crippen MR) is 229 cm³/mol. The largest absolute Gasteiger partial charge is 0.371 e. The minimum Gasteiger partial charge on any atom is -0.371 e. The van der Waals surface area contributed by atoms with Gasteiger partial charge in [-0.2, -0.15) is 0 Å². The smallest absolute Gasteiger partial charge is 0.320 e. The summed E-state index contributed by atoms with van der Waals surface area (Å²) in [7, 11) is 1.83. The molecule has 61 heavy (non-hydrogen) atoms. The van der Waals surface area contributed by atoms with Gasteiger partial charge in [0.25, 0.3) is 17.7 Å². The average Bonchev–Trinajstić information content (AvgIpc) is 3.97. The number of carbonyl (C=O) groups excluding carboxylic acids is 5. The molecule has 0 radical (unpaired) electrons. The molecule has 7 aliphatic heterocycles. The van der Waals surface area contributed by atoms with Crippen molar-refractivity contribution in [1.29, 1.82) is 0 Å². The normalized spacial score (nSPS) is 25.7. The minimum atomic E-state index is -0.813. The number of fused-ring (bicyclic) bond motifs is 2. The molecule has 6 saturated heterocycles. The van der Waals surface area contributed by atoms with Crippen molar-refractivity contribution < 1.29 is 24.0 Å². The van der Waals surface area contributed by atoms with Crippen LogP contribution in [0.3, 0.4) is 0 Å². The first-order valence-corrected chi connectivity index (χ1v) is 21.5. The molecular formula is C44H52N12O5. The van der Waals surface area contributed by atoms with E-state index in [0.717, 1.165) is 100 Å². The highest BCUT2D eigenvalue weighted by Gasteiger charge is 2.45. The van der Waals surface area contributed by atoms with Gasteiger partial charge in [-0.25, -0.2) is 14.8 Å². The molecular weight excluding hydrogens is 777 g/mol. The van der Waals surface area contributed by atoms with Crippen LogP contribution in [0.2, 0.25) is 0 Å². The number of urea groups is 1. The molecule has 6 fully saturated rings. The lowest BCUT2D eigenvalue weighted by Crippen LogP contribution is -2.52. The van der Waals surface area contributed by atoms with Crippen molar-refractivity contribution in [1.82, 2.24) is 34.9 Å². The number of nitrogens with zero attached hydrogens (tertiary/aromatic N) is 9. The second-order valence-electron chi connectivity index (χ2n) is 17.9. The van der Waals surface area contributed by atoms with Gasteiger partial charge in [0, 0.05) is 108 Å². The van der Waals surface area contributed by atoms with E-state index in [4.69, 9.17) is 10.7 Å². The number of nitrogens with one attached hydrogen (secondary N) is 2. The summed E-state index contributed by atoms with van der Waals surface area (Å²) >= 11 is 0. The molecule has 17 heteroatoms. The van der Waals surface area contributed by atoms with Gasteiger partial charge in [0.15, 0.2) is 11.5 Å². The summed E-state index contributed by atoms with van der Waals surface area (Å²) in [6.07, 6.45) is 4.38. The monoisotopic (exact) mass is 828 g/mol. The van der Waals surface area contributed by atoms with Gasteiger partial charge in [-0.1, -0.05) is 6.58 Å². The molecule has 7 aliphatic rings. The lowest BCUT2D eigenvalue weighted by Gasteiger charge is -2.43. The molecule has 3 unspecified atom stereocenters. The van der Waals surface area contributed by atoms with Crippen molar-refractivity contribution in [3.63, 3.8) is 0 Å². The number of likely N-dealkylation sites (tertiary alicyclic amines) is 1. The molecule has 318 valence electrons. The van der Waals surface area contributed by atoms with Crippen molar-refractivity contribution in [2.75, 3.05) is 99.1 Å². The van der Waals surface area contributed by atoms with Crippen LogP contribution in [0.5, 0.6) is 0 Å². The first-order chi connectivity index (χ1) is 29.5. The number of anilines is 5. The zero-order chi connectivity index (χ0) is 42.1. The molecule has 4 atom stereocenters. The molecule has 8 heterocycles. The molecule has 0 spiro atoms. The molecule has 2 aromatic carbocycles. The van der Waals surface area contributed by atoms with Crippen molar-refractivity contribution in [3.8, 4) is 0 Å². The third-order valence-corrected chi connectivity index (χ3v) is 13.8. The van der Waals surface area contributed by atoms with Crippen LogP contribution in [0, 0.1) is 17.8 Å². The second-order valence-corrected chi connectivity index (χ2v) is 17.9. The Kier molecular flexibility index (Phi) is 9.80. The Morgan fingerprint density at radius 3 is 2.28 bits per heavy atom. The van der Waals surface area contributed by atoms with E-state index < -0.39 is 23.8 Å². The Morgan fingerprint density at radius 2 is 1.57 bits per heavy atom. The predicted octanol–water partition coefficient (Wildman–Crippen LogP) is 2.55. The van der Waals surface area contributed by atoms with Crippen molar-refractivity contribution >= 4 is 58.4 Å². The van der Waals surface area contributed by atoms with Crippen LogP contribution in [-0.2, 0) is 4.79 Å². The highest BCUT2D eigenvalue weighted by Crippen LogP contribution is 2.37. The Bertz CT molecular complexity index is 2300. The van der Waals surface area contributed by atoms with E-state index in [9.17, 15) is 24.0 Å². The number of benzene rings is 2. The summed E-state index contributed by atoms with van der Waals surface area (Å²) in [6.45, 7) is 13.6. The van der Waals surface area contributed by atoms with E-state index in [1.165, 1.54) is 0 Å². The van der Waals surface area contributed by atoms with Crippen LogP contribution < -0.4 is 31.1 Å². The van der Waals surface area contributed by atoms with E-state index in [1.807, 2.05) is 36.2 Å². The standard InChI is InChI=1S/C44H52N12O5/c1-26-5-12-36(41(58)47-26)56-42(59)34-11-10-32(16-35(34)43(56)60)53-19-27(20-53)18-51-21-28-23-54(24-29(28)22-51)31-8-6-30(7-9-31)48-40-38(39(45)57)46-17-37(49-40)52-13-3-4-33(25-52)55-15-14-50(2)44(55)61/h6-11,16-17,27-29,33,36H,1,3-5,12-15,18-25H2,2H3,(H2,45,57)(H,47,58)(H,48,49)/t28?,29?,33-,36?/m1/s1. The van der Waals surface area contributed by atoms with E-state index in [-0.39, 0.29) is 23.7 Å². The zero-order valence-corrected chi connectivity index (χ0v) is 34.5. The van der Waals surface area contributed by atoms with E-state index >= 15 is 0 Å². The van der Waals surface area contributed by atoms with Gasteiger partial charge in [0.1, 0.15) is 11.9 Å². The van der Waals surface area contributed by atoms with Gasteiger partial charge in [-0.15, -0.1) is 0 Å². The van der Waals surface area contributed by atoms with E-state index in [2.05, 4.69) is 53.9 Å². The molecule has 10 rings (SSSR count). The topological polar surface area (TPSA) is 184 Å². The van der Waals surface area contributed by atoms with Crippen molar-refractivity contribution in [2.24, 2.45) is 23.5 Å². The van der Waals surface area contributed by atoms with Crippen molar-refractivity contribution in [3.05, 3.63) is 77.8 Å². The number of imide groups is 1. The van der Waals surface area contributed by atoms with Crippen molar-refractivity contribution in [2.45, 2.75) is 37.8 Å². The summed E-state index contributed by atoms with van der Waals surface area (Å²) in [4.78, 5) is 87.8. The summed E-state index contributed by atoms with van der Waals surface area (Å²) in [5.41, 5.74) is 10.0. The molecule has 3 aromatic rings. The molecule has 0 saturated carbocycles. The zero-order valence-electron chi connectivity index (χ0n) is 34.5. The molecule has 4 N–H and O–H groups in total. The van der Waals surface area contributed by atoms with Crippen LogP contribution in [0.25, 0.3) is 0 Å². The fourth-order valence-electron chi connectivity index (χ4n) is 10.6. The maximum atomic E-state index is 13.4. The van der Waals surface area contributed by atoms with Gasteiger partial charge in [-0.05, 0) is 80.0 Å². The van der Waals surface area contributed by atoms with Gasteiger partial charge in [0.2, 0.25) is 5.91 Å². The van der Waals surface area contributed by atoms with Crippen LogP contribution in [0.15, 0.2) is 60.9 Å². The first kappa shape index (κ1) is 38.9. The van der Waals surface area contributed by atoms with E-state index in [1.54, 1.807) is 17.2 Å². The Balaban J connectivity index is 0.709. The summed E-state index contributed by atoms with van der Waals surface area (Å²) < 4.78 is 0. The van der Waals surface area contributed by atoms with Gasteiger partial charge < -0.3 is 45.8 Å². The summed E-state index contributed by atoms with van der Waals surface area (Å²) in [5.74, 6) is 0.843. The molecule has 0 aliphatic carbocycles. The highest BCUT2D eigenvalue weighted by molar-refractivity contribution is 6.23. The average molecular weight is 829 g/mol. The maximum Gasteiger partial charge on any atom is 0.320 e. The molecule has 0 bridgehead atoms. The fourth-order valence-corrected chi connectivity index (χ4v) is 10.6. The fraction of sp³-hybridized carbons (Fsp3) is 0.477. The number of aromatic nitrogens is 2. The molecule has 6 amide bonds. The minimum absolute atomic E-state index is 0.0641. The maximum absolute atomic E-state index is 13.4. The first-order valence-electron chi connectivity index (χ1n) is 21.5. The quantitative estimate of drug-likeness (QED) is 0.255. The van der Waals surface area contributed by atoms with Crippen LogP contribution in [0.1, 0.15) is 56.9 Å². The number of primary amides is 1. The van der Waals surface area contributed by atoms with E-state index in [0.29, 0.717) is 65.6 Å². The van der Waals surface area contributed by atoms with Gasteiger partial charge in [0.05, 0.1) is 23.4 Å². The number of allylic oxidation sites excluding steroid dienone is 1. The lowest BCUT2D eigenvalue weighted by atomic mass is 9.97. The third-order valence-electron chi connectivity index (χ3n) is 13.8. The Labute approximate surface area is 354 Å². The number of likely N-dealkylation sites (N-methyl/N-ethyl adjacent to an activating group) is 1. The number of hydrogen-bond donors (Lipinski definition) is 3. The number of piperidine rings is 2. The SMILES string of the molecule is C=C1CCC(N2C(=O)c3ccc(N4CC(CN5CC6CN(c7ccc(Nc8nc(N9CCC[C@@H](N%10CCN(C)C%10=O)C9)cnc8C(N)=O)cc7)CC6C5)C4)cc3C2=O)C(=O)N1. The van der Waals surface area contributed by atoms with Crippen LogP contribution in [0.4, 0.5) is 33.5 Å². The Morgan fingerprint density at radius 1 is 0.852 bits per heavy atom. The van der Waals surface area contributed by atoms with Crippen LogP contribution in [-0.4, -0.2) is 150 Å². The number of carbonyl (C=O) groups is 5. The van der Waals surface area contributed by atoms with Gasteiger partial charge >= 0.3 is 6.03 Å². The molecule has 1 aromatic heterocycles. The number of nitrogens with two attached hydrogens (primary N) is 1. The summed E-state index contributed by atoms with van der Waals surface area (Å²) in [5, 5.41) is 5.99. The molecule has 17 nitrogen and oxygen atoms in total. The lowest BCUT2D eigenvalue weighted by molar-refractivity contribution is -0.125. The number of amides is 6. The van der Waals surface area contributed by atoms with Gasteiger partial charge in [-0.3, -0.25) is 24.1 Å². The van der Waals surface area contributed by atoms with Crippen LogP contribution >= 0.6 is 0 Å². The number of rotatable bonds is 10. The summed E-state index contributed by atoms with van der Waals surface area (Å²) in [6, 6.07) is 13.0. The third kappa shape index (κ3) is 7.17. The highest BCUT2D eigenvalue weighted by atomic mass is 16.2. The number of hydrogen-bond acceptors (Lipinski definition) is 12. The Hall–Kier alpha value is -6.23. The second kappa shape index (κ2) is 15.3.